The highest BCUT2D eigenvalue weighted by Gasteiger charge is 2.32. The molecule has 1 amide bonds. The van der Waals surface area contributed by atoms with Gasteiger partial charge < -0.3 is 5.32 Å². The molecule has 0 aliphatic carbocycles. The number of aromatic nitrogens is 2. The van der Waals surface area contributed by atoms with Crippen LogP contribution in [0.2, 0.25) is 0 Å². The molecule has 31 heavy (non-hydrogen) atoms. The van der Waals surface area contributed by atoms with Crippen LogP contribution in [-0.4, -0.2) is 31.2 Å². The highest BCUT2D eigenvalue weighted by Crippen LogP contribution is 2.45. The molecule has 0 spiro atoms. The molecule has 2 aromatic heterocycles. The van der Waals surface area contributed by atoms with E-state index >= 15 is 0 Å². The van der Waals surface area contributed by atoms with Gasteiger partial charge in [-0.1, -0.05) is 12.1 Å². The van der Waals surface area contributed by atoms with Crippen molar-refractivity contribution in [3.8, 4) is 11.3 Å². The molecule has 0 radical (unpaired) electrons. The minimum Gasteiger partial charge on any atom is -0.348 e. The van der Waals surface area contributed by atoms with Crippen LogP contribution in [0, 0.1) is 6.92 Å². The van der Waals surface area contributed by atoms with E-state index in [2.05, 4.69) is 15.3 Å². The lowest BCUT2D eigenvalue weighted by Gasteiger charge is -2.28. The fourth-order valence-corrected chi connectivity index (χ4v) is 3.42. The lowest BCUT2D eigenvalue weighted by molar-refractivity contribution is -0.141. The summed E-state index contributed by atoms with van der Waals surface area (Å²) in [6.45, 7) is 1.83. The molecule has 3 N–H and O–H groups in total. The molecule has 1 aromatic carbocycles. The van der Waals surface area contributed by atoms with Gasteiger partial charge in [-0.05, 0) is 48.4 Å². The van der Waals surface area contributed by atoms with Gasteiger partial charge in [-0.2, -0.15) is 23.8 Å². The number of halogens is 3. The molecule has 0 aliphatic heterocycles. The molecule has 3 rings (SSSR count). The minimum absolute atomic E-state index is 0.0469. The fourth-order valence-electron chi connectivity index (χ4n) is 2.72. The first-order valence-corrected chi connectivity index (χ1v) is 11.0. The normalized spacial score (nSPS) is 12.5. The summed E-state index contributed by atoms with van der Waals surface area (Å²) < 4.78 is 58.0. The topological polar surface area (TPSA) is 95.3 Å². The number of carbonyl (C=O) groups is 1. The largest absolute Gasteiger partial charge is 0.433 e. The molecule has 0 saturated carbocycles. The number of hydrogen-bond acceptors (Lipinski definition) is 5. The lowest BCUT2D eigenvalue weighted by atomic mass is 10.1. The Morgan fingerprint density at radius 3 is 2.35 bits per heavy atom. The zero-order chi connectivity index (χ0) is 22.8. The average molecular weight is 451 g/mol. The van der Waals surface area contributed by atoms with Crippen molar-refractivity contribution < 1.29 is 27.1 Å². The fraction of sp³-hybridized carbons (Fsp3) is 0.190. The van der Waals surface area contributed by atoms with Gasteiger partial charge in [0.2, 0.25) is 0 Å². The zero-order valence-electron chi connectivity index (χ0n) is 16.6. The minimum atomic E-state index is -4.54. The van der Waals surface area contributed by atoms with E-state index in [1.165, 1.54) is 18.4 Å². The van der Waals surface area contributed by atoms with E-state index in [4.69, 9.17) is 0 Å². The standard InChI is InChI=1S/C21H20F3N3O3S/c1-13-3-5-18(25-10-13)15-7-16(9-17(8-15)31(2,29)30)20(28)27-12-14-4-6-19(26-11-14)21(22,23)24/h3-11,29-30H,12H2,1-2H3,(H,27,28). The first-order valence-electron chi connectivity index (χ1n) is 9.05. The summed E-state index contributed by atoms with van der Waals surface area (Å²) in [6.07, 6.45) is -0.580. The van der Waals surface area contributed by atoms with E-state index in [-0.39, 0.29) is 17.0 Å². The Hall–Kier alpha value is -2.95. The molecule has 0 bridgehead atoms. The molecule has 0 aliphatic rings. The Balaban J connectivity index is 1.84. The number of hydrogen-bond donors (Lipinski definition) is 3. The third-order valence-corrected chi connectivity index (χ3v) is 5.52. The van der Waals surface area contributed by atoms with Crippen molar-refractivity contribution >= 4 is 16.5 Å². The van der Waals surface area contributed by atoms with Gasteiger partial charge >= 0.3 is 6.18 Å². The number of nitrogens with one attached hydrogen (secondary N) is 1. The van der Waals surface area contributed by atoms with Crippen LogP contribution in [0.25, 0.3) is 11.3 Å². The number of pyridine rings is 2. The van der Waals surface area contributed by atoms with Crippen LogP contribution >= 0.6 is 10.6 Å². The number of carbonyl (C=O) groups excluding carboxylic acids is 1. The Kier molecular flexibility index (Phi) is 6.35. The van der Waals surface area contributed by atoms with Gasteiger partial charge in [0.1, 0.15) is 5.69 Å². The molecule has 164 valence electrons. The second-order valence-corrected chi connectivity index (χ2v) is 9.17. The lowest BCUT2D eigenvalue weighted by Crippen LogP contribution is -2.23. The van der Waals surface area contributed by atoms with Crippen molar-refractivity contribution in [3.63, 3.8) is 0 Å². The van der Waals surface area contributed by atoms with E-state index < -0.39 is 28.4 Å². The number of rotatable bonds is 5. The molecule has 3 aromatic rings. The van der Waals surface area contributed by atoms with E-state index in [0.29, 0.717) is 16.8 Å². The summed E-state index contributed by atoms with van der Waals surface area (Å²) in [5.41, 5.74) is 1.56. The van der Waals surface area contributed by atoms with Crippen molar-refractivity contribution in [1.29, 1.82) is 0 Å². The predicted molar refractivity (Wildman–Crippen MR) is 112 cm³/mol. The Morgan fingerprint density at radius 1 is 1.06 bits per heavy atom. The number of aryl methyl sites for hydroxylation is 1. The van der Waals surface area contributed by atoms with Gasteiger partial charge in [-0.15, -0.1) is 0 Å². The molecule has 6 nitrogen and oxygen atoms in total. The Bertz CT molecular complexity index is 1080. The SMILES string of the molecule is Cc1ccc(-c2cc(C(=O)NCc3ccc(C(F)(F)F)nc3)cc(S(C)(O)O)c2)nc1. The monoisotopic (exact) mass is 451 g/mol. The van der Waals surface area contributed by atoms with Gasteiger partial charge in [-0.3, -0.25) is 23.9 Å². The van der Waals surface area contributed by atoms with Crippen LogP contribution in [0.3, 0.4) is 0 Å². The maximum Gasteiger partial charge on any atom is 0.433 e. The van der Waals surface area contributed by atoms with Crippen molar-refractivity contribution in [2.24, 2.45) is 0 Å². The highest BCUT2D eigenvalue weighted by molar-refractivity contribution is 8.23. The van der Waals surface area contributed by atoms with Crippen LogP contribution in [0.15, 0.2) is 59.8 Å². The molecule has 0 unspecified atom stereocenters. The third kappa shape index (κ3) is 5.81. The summed E-state index contributed by atoms with van der Waals surface area (Å²) in [7, 11) is -3.11. The second-order valence-electron chi connectivity index (χ2n) is 7.03. The first-order chi connectivity index (χ1) is 14.4. The first kappa shape index (κ1) is 22.7. The summed E-state index contributed by atoms with van der Waals surface area (Å²) in [6, 6.07) is 10.2. The van der Waals surface area contributed by atoms with Crippen molar-refractivity contribution in [2.75, 3.05) is 6.26 Å². The van der Waals surface area contributed by atoms with Gasteiger partial charge in [0.05, 0.1) is 10.6 Å². The van der Waals surface area contributed by atoms with Gasteiger partial charge in [0.15, 0.2) is 0 Å². The van der Waals surface area contributed by atoms with Gasteiger partial charge in [-0.25, -0.2) is 0 Å². The number of nitrogens with zero attached hydrogens (tertiary/aromatic N) is 2. The molecule has 0 saturated heterocycles. The maximum atomic E-state index is 12.7. The third-order valence-electron chi connectivity index (χ3n) is 4.39. The average Bonchev–Trinajstić information content (AvgIpc) is 2.71. The number of alkyl halides is 3. The molecule has 10 heteroatoms. The summed E-state index contributed by atoms with van der Waals surface area (Å²) >= 11 is 0. The van der Waals surface area contributed by atoms with E-state index in [1.54, 1.807) is 24.4 Å². The van der Waals surface area contributed by atoms with Crippen LogP contribution in [0.1, 0.15) is 27.2 Å². The molecule has 2 heterocycles. The van der Waals surface area contributed by atoms with Gasteiger partial charge in [0.25, 0.3) is 5.91 Å². The predicted octanol–water partition coefficient (Wildman–Crippen LogP) is 5.14. The second kappa shape index (κ2) is 8.66. The quantitative estimate of drug-likeness (QED) is 0.499. The maximum absolute atomic E-state index is 12.7. The van der Waals surface area contributed by atoms with E-state index in [0.717, 1.165) is 17.8 Å². The molecular formula is C21H20F3N3O3S. The molecule has 0 atom stereocenters. The molecule has 0 fully saturated rings. The van der Waals surface area contributed by atoms with Crippen LogP contribution in [-0.2, 0) is 12.7 Å². The van der Waals surface area contributed by atoms with Crippen LogP contribution in [0.4, 0.5) is 13.2 Å². The van der Waals surface area contributed by atoms with Crippen LogP contribution < -0.4 is 5.32 Å². The van der Waals surface area contributed by atoms with Crippen LogP contribution in [0.5, 0.6) is 0 Å². The zero-order valence-corrected chi connectivity index (χ0v) is 17.5. The number of benzene rings is 1. The Labute approximate surface area is 178 Å². The van der Waals surface area contributed by atoms with E-state index in [1.807, 2.05) is 13.0 Å². The van der Waals surface area contributed by atoms with Crippen molar-refractivity contribution in [3.05, 3.63) is 77.2 Å². The van der Waals surface area contributed by atoms with Gasteiger partial charge in [0, 0.05) is 36.3 Å². The smallest absolute Gasteiger partial charge is 0.348 e. The van der Waals surface area contributed by atoms with E-state index in [9.17, 15) is 27.1 Å². The molecular weight excluding hydrogens is 431 g/mol. The summed E-state index contributed by atoms with van der Waals surface area (Å²) in [5, 5.41) is 2.61. The van der Waals surface area contributed by atoms with Crippen molar-refractivity contribution in [1.82, 2.24) is 15.3 Å². The van der Waals surface area contributed by atoms with Crippen molar-refractivity contribution in [2.45, 2.75) is 24.5 Å². The summed E-state index contributed by atoms with van der Waals surface area (Å²) in [5.74, 6) is -0.529. The Morgan fingerprint density at radius 2 is 1.81 bits per heavy atom. The number of amides is 1. The summed E-state index contributed by atoms with van der Waals surface area (Å²) in [4.78, 5) is 20.5. The highest BCUT2D eigenvalue weighted by atomic mass is 32.3.